The Labute approximate surface area is 154 Å². The monoisotopic (exact) mass is 378 g/mol. The number of hydrogen-bond acceptors (Lipinski definition) is 5. The Bertz CT molecular complexity index is 794. The van der Waals surface area contributed by atoms with Gasteiger partial charge in [-0.2, -0.15) is 0 Å². The highest BCUT2D eigenvalue weighted by atomic mass is 32.1. The van der Waals surface area contributed by atoms with Crippen LogP contribution < -0.4 is 10.6 Å². The Morgan fingerprint density at radius 1 is 1.35 bits per heavy atom. The molecule has 2 N–H and O–H groups in total. The Hall–Kier alpha value is -2.68. The summed E-state index contributed by atoms with van der Waals surface area (Å²) in [4.78, 5) is 30.8. The maximum atomic E-state index is 12.9. The molecule has 1 aromatic carbocycles. The van der Waals surface area contributed by atoms with Crippen LogP contribution in [0.2, 0.25) is 0 Å². The molecular formula is C17H19FN4O3S. The molecule has 2 aromatic rings. The van der Waals surface area contributed by atoms with Crippen LogP contribution in [-0.2, 0) is 24.2 Å². The van der Waals surface area contributed by atoms with Gasteiger partial charge in [-0.15, -0.1) is 0 Å². The summed E-state index contributed by atoms with van der Waals surface area (Å²) < 4.78 is 17.7. The summed E-state index contributed by atoms with van der Waals surface area (Å²) in [7, 11) is 0. The first-order chi connectivity index (χ1) is 12.5. The van der Waals surface area contributed by atoms with E-state index in [4.69, 9.17) is 4.74 Å². The Morgan fingerprint density at radius 2 is 2.12 bits per heavy atom. The van der Waals surface area contributed by atoms with Gasteiger partial charge in [-0.3, -0.25) is 5.32 Å². The average Bonchev–Trinajstić information content (AvgIpc) is 3.02. The number of aromatic nitrogens is 1. The standard InChI is InChI=1S/C17H19FN4O3S/c1-2-25-17(24)21-15-20-13-7-8-22(10-14(13)26-15)16(23)19-9-11-3-5-12(18)6-4-11/h3-6H,2,7-10H2,1H3,(H,19,23)(H,20,21,24). The lowest BCUT2D eigenvalue weighted by Gasteiger charge is -2.26. The van der Waals surface area contributed by atoms with E-state index in [0.29, 0.717) is 37.8 Å². The number of anilines is 1. The van der Waals surface area contributed by atoms with Crippen molar-refractivity contribution < 1.29 is 18.7 Å². The predicted molar refractivity (Wildman–Crippen MR) is 95.5 cm³/mol. The Morgan fingerprint density at radius 3 is 2.85 bits per heavy atom. The fraction of sp³-hybridized carbons (Fsp3) is 0.353. The number of thiazole rings is 1. The maximum Gasteiger partial charge on any atom is 0.413 e. The number of benzene rings is 1. The van der Waals surface area contributed by atoms with E-state index >= 15 is 0 Å². The van der Waals surface area contributed by atoms with Crippen molar-refractivity contribution in [1.29, 1.82) is 0 Å². The summed E-state index contributed by atoms with van der Waals surface area (Å²) in [5.74, 6) is -0.305. The first kappa shape index (κ1) is 18.1. The third-order valence-electron chi connectivity index (χ3n) is 3.86. The number of fused-ring (bicyclic) bond motifs is 1. The molecule has 26 heavy (non-hydrogen) atoms. The quantitative estimate of drug-likeness (QED) is 0.856. The van der Waals surface area contributed by atoms with Gasteiger partial charge in [0, 0.05) is 24.4 Å². The lowest BCUT2D eigenvalue weighted by atomic mass is 10.2. The van der Waals surface area contributed by atoms with Gasteiger partial charge >= 0.3 is 12.1 Å². The second kappa shape index (κ2) is 8.13. The summed E-state index contributed by atoms with van der Waals surface area (Å²) in [5, 5.41) is 5.90. The van der Waals surface area contributed by atoms with Crippen molar-refractivity contribution in [1.82, 2.24) is 15.2 Å². The lowest BCUT2D eigenvalue weighted by molar-refractivity contribution is 0.168. The largest absolute Gasteiger partial charge is 0.450 e. The topological polar surface area (TPSA) is 83.6 Å². The molecule has 1 aromatic heterocycles. The second-order valence-electron chi connectivity index (χ2n) is 5.69. The zero-order valence-electron chi connectivity index (χ0n) is 14.3. The van der Waals surface area contributed by atoms with Crippen LogP contribution in [0.4, 0.5) is 19.1 Å². The zero-order valence-corrected chi connectivity index (χ0v) is 15.1. The lowest BCUT2D eigenvalue weighted by Crippen LogP contribution is -2.42. The molecule has 0 spiro atoms. The molecule has 2 heterocycles. The molecule has 0 unspecified atom stereocenters. The molecule has 0 radical (unpaired) electrons. The normalized spacial score (nSPS) is 13.1. The number of nitrogens with zero attached hydrogens (tertiary/aromatic N) is 2. The number of hydrogen-bond donors (Lipinski definition) is 2. The van der Waals surface area contributed by atoms with E-state index in [0.717, 1.165) is 16.1 Å². The highest BCUT2D eigenvalue weighted by Gasteiger charge is 2.24. The molecule has 3 rings (SSSR count). The maximum absolute atomic E-state index is 12.9. The van der Waals surface area contributed by atoms with Crippen LogP contribution in [0.15, 0.2) is 24.3 Å². The summed E-state index contributed by atoms with van der Waals surface area (Å²) in [5.41, 5.74) is 1.72. The number of urea groups is 1. The smallest absolute Gasteiger partial charge is 0.413 e. The fourth-order valence-electron chi connectivity index (χ4n) is 2.57. The summed E-state index contributed by atoms with van der Waals surface area (Å²) >= 11 is 1.34. The van der Waals surface area contributed by atoms with E-state index < -0.39 is 6.09 Å². The van der Waals surface area contributed by atoms with E-state index in [-0.39, 0.29) is 11.8 Å². The van der Waals surface area contributed by atoms with Crippen molar-refractivity contribution in [2.45, 2.75) is 26.4 Å². The minimum Gasteiger partial charge on any atom is -0.450 e. The predicted octanol–water partition coefficient (Wildman–Crippen LogP) is 3.12. The third-order valence-corrected chi connectivity index (χ3v) is 4.86. The molecule has 7 nitrogen and oxygen atoms in total. The van der Waals surface area contributed by atoms with Gasteiger partial charge in [-0.05, 0) is 24.6 Å². The number of carbonyl (C=O) groups excluding carboxylic acids is 2. The molecule has 138 valence electrons. The first-order valence-corrected chi connectivity index (χ1v) is 9.06. The molecule has 0 aliphatic carbocycles. The van der Waals surface area contributed by atoms with E-state index in [1.165, 1.54) is 23.5 Å². The molecule has 3 amide bonds. The zero-order chi connectivity index (χ0) is 18.5. The molecule has 0 saturated carbocycles. The number of carbonyl (C=O) groups is 2. The van der Waals surface area contributed by atoms with Crippen molar-refractivity contribution in [2.24, 2.45) is 0 Å². The van der Waals surface area contributed by atoms with Gasteiger partial charge in [-0.25, -0.2) is 19.0 Å². The Kier molecular flexibility index (Phi) is 5.67. The van der Waals surface area contributed by atoms with Gasteiger partial charge in [0.15, 0.2) is 5.13 Å². The molecule has 9 heteroatoms. The average molecular weight is 378 g/mol. The number of halogens is 1. The minimum atomic E-state index is -0.535. The van der Waals surface area contributed by atoms with E-state index in [2.05, 4.69) is 15.6 Å². The minimum absolute atomic E-state index is 0.187. The number of nitrogens with one attached hydrogen (secondary N) is 2. The van der Waals surface area contributed by atoms with Gasteiger partial charge < -0.3 is 15.0 Å². The molecule has 1 aliphatic heterocycles. The van der Waals surface area contributed by atoms with Gasteiger partial charge in [0.1, 0.15) is 5.82 Å². The van der Waals surface area contributed by atoms with E-state index in [1.54, 1.807) is 24.0 Å². The molecule has 1 aliphatic rings. The summed E-state index contributed by atoms with van der Waals surface area (Å²) in [6.45, 7) is 3.34. The van der Waals surface area contributed by atoms with Crippen molar-refractivity contribution in [3.63, 3.8) is 0 Å². The second-order valence-corrected chi connectivity index (χ2v) is 6.77. The van der Waals surface area contributed by atoms with Crippen LogP contribution in [0.3, 0.4) is 0 Å². The number of ether oxygens (including phenoxy) is 1. The number of rotatable bonds is 4. The summed E-state index contributed by atoms with van der Waals surface area (Å²) in [6, 6.07) is 5.82. The molecule has 0 bridgehead atoms. The SMILES string of the molecule is CCOC(=O)Nc1nc2c(s1)CN(C(=O)NCc1ccc(F)cc1)CC2. The molecule has 0 atom stereocenters. The van der Waals surface area contributed by atoms with E-state index in [9.17, 15) is 14.0 Å². The summed E-state index contributed by atoms with van der Waals surface area (Å²) in [6.07, 6.45) is 0.0906. The highest BCUT2D eigenvalue weighted by Crippen LogP contribution is 2.28. The van der Waals surface area contributed by atoms with Gasteiger partial charge in [0.25, 0.3) is 0 Å². The van der Waals surface area contributed by atoms with Crippen molar-refractivity contribution >= 4 is 28.6 Å². The van der Waals surface area contributed by atoms with Crippen molar-refractivity contribution in [3.8, 4) is 0 Å². The van der Waals surface area contributed by atoms with Crippen LogP contribution in [0, 0.1) is 5.82 Å². The molecule has 0 fully saturated rings. The fourth-order valence-corrected chi connectivity index (χ4v) is 3.58. The van der Waals surface area contributed by atoms with Crippen LogP contribution in [0.1, 0.15) is 23.1 Å². The van der Waals surface area contributed by atoms with Crippen LogP contribution in [-0.4, -0.2) is 35.2 Å². The van der Waals surface area contributed by atoms with Crippen LogP contribution in [0.25, 0.3) is 0 Å². The van der Waals surface area contributed by atoms with Crippen molar-refractivity contribution in [3.05, 3.63) is 46.2 Å². The Balaban J connectivity index is 1.55. The first-order valence-electron chi connectivity index (χ1n) is 8.24. The highest BCUT2D eigenvalue weighted by molar-refractivity contribution is 7.15. The van der Waals surface area contributed by atoms with Gasteiger partial charge in [0.2, 0.25) is 0 Å². The molecular weight excluding hydrogens is 359 g/mol. The third kappa shape index (κ3) is 4.48. The van der Waals surface area contributed by atoms with Crippen LogP contribution in [0.5, 0.6) is 0 Å². The molecule has 0 saturated heterocycles. The van der Waals surface area contributed by atoms with Crippen molar-refractivity contribution in [2.75, 3.05) is 18.5 Å². The van der Waals surface area contributed by atoms with E-state index in [1.807, 2.05) is 0 Å². The number of amides is 3. The van der Waals surface area contributed by atoms with Gasteiger partial charge in [0.05, 0.1) is 18.8 Å². The van der Waals surface area contributed by atoms with Crippen LogP contribution >= 0.6 is 11.3 Å². The van der Waals surface area contributed by atoms with Gasteiger partial charge in [-0.1, -0.05) is 23.5 Å².